The van der Waals surface area contributed by atoms with Gasteiger partial charge in [-0.3, -0.25) is 4.79 Å². The molecule has 2 aliphatic rings. The molecule has 0 N–H and O–H groups in total. The molecule has 0 radical (unpaired) electrons. The number of carbonyl (C=O) groups is 1. The third-order valence-corrected chi connectivity index (χ3v) is 5.18. The Bertz CT molecular complexity index is 813. The molecule has 2 heterocycles. The summed E-state index contributed by atoms with van der Waals surface area (Å²) in [6.45, 7) is 2.00. The second-order valence-corrected chi connectivity index (χ2v) is 7.29. The fraction of sp³-hybridized carbons (Fsp3) is 0.435. The average Bonchev–Trinajstić information content (AvgIpc) is 2.78. The van der Waals surface area contributed by atoms with E-state index in [9.17, 15) is 4.79 Å². The molecule has 0 aliphatic carbocycles. The molecule has 4 rings (SSSR count). The molecule has 0 saturated carbocycles. The van der Waals surface area contributed by atoms with Crippen molar-refractivity contribution in [1.29, 1.82) is 0 Å². The Kier molecular flexibility index (Phi) is 6.76. The van der Waals surface area contributed by atoms with E-state index < -0.39 is 43.0 Å². The minimum Gasteiger partial charge on any atom is -0.454 e. The molecule has 6 atom stereocenters. The highest BCUT2D eigenvalue weighted by molar-refractivity contribution is 5.66. The number of carbonyl (C=O) groups excluding carboxylic acids is 1. The Hall–Kier alpha value is -2.29. The van der Waals surface area contributed by atoms with Crippen molar-refractivity contribution in [2.75, 3.05) is 13.7 Å². The highest BCUT2D eigenvalue weighted by Crippen LogP contribution is 2.36. The average molecular weight is 414 g/mol. The summed E-state index contributed by atoms with van der Waals surface area (Å²) in [5.41, 5.74) is 1.90. The smallest absolute Gasteiger partial charge is 0.303 e. The van der Waals surface area contributed by atoms with Crippen LogP contribution >= 0.6 is 0 Å². The van der Waals surface area contributed by atoms with Gasteiger partial charge in [-0.25, -0.2) is 0 Å². The van der Waals surface area contributed by atoms with Gasteiger partial charge in [0.05, 0.1) is 13.2 Å². The minimum absolute atomic E-state index is 0.308. The summed E-state index contributed by atoms with van der Waals surface area (Å²) in [6.07, 6.45) is -3.61. The van der Waals surface area contributed by atoms with Crippen LogP contribution < -0.4 is 0 Å². The Labute approximate surface area is 175 Å². The fourth-order valence-corrected chi connectivity index (χ4v) is 3.79. The normalized spacial score (nSPS) is 31.0. The van der Waals surface area contributed by atoms with Gasteiger partial charge in [-0.2, -0.15) is 0 Å². The fourth-order valence-electron chi connectivity index (χ4n) is 3.79. The Morgan fingerprint density at radius 3 is 2.37 bits per heavy atom. The first-order chi connectivity index (χ1) is 14.7. The second-order valence-electron chi connectivity index (χ2n) is 7.29. The lowest BCUT2D eigenvalue weighted by Crippen LogP contribution is -2.63. The topological polar surface area (TPSA) is 72.5 Å². The molecular weight excluding hydrogens is 388 g/mol. The van der Waals surface area contributed by atoms with Gasteiger partial charge in [-0.1, -0.05) is 60.7 Å². The third-order valence-electron chi connectivity index (χ3n) is 5.18. The summed E-state index contributed by atoms with van der Waals surface area (Å²) in [5.74, 6) is -0.441. The molecule has 0 spiro atoms. The summed E-state index contributed by atoms with van der Waals surface area (Å²) >= 11 is 0. The number of esters is 1. The van der Waals surface area contributed by atoms with Crippen LogP contribution in [-0.4, -0.2) is 50.4 Å². The van der Waals surface area contributed by atoms with Gasteiger partial charge in [-0.15, -0.1) is 0 Å². The molecule has 2 fully saturated rings. The Morgan fingerprint density at radius 2 is 1.70 bits per heavy atom. The molecule has 0 aromatic heterocycles. The maximum absolute atomic E-state index is 11.8. The van der Waals surface area contributed by atoms with Crippen molar-refractivity contribution in [3.8, 4) is 0 Å². The van der Waals surface area contributed by atoms with E-state index in [-0.39, 0.29) is 0 Å². The van der Waals surface area contributed by atoms with Gasteiger partial charge in [0.1, 0.15) is 18.3 Å². The number of benzene rings is 2. The predicted molar refractivity (Wildman–Crippen MR) is 106 cm³/mol. The Balaban J connectivity index is 1.58. The van der Waals surface area contributed by atoms with Crippen LogP contribution in [0.1, 0.15) is 24.3 Å². The number of methoxy groups -OCH3 is 1. The first kappa shape index (κ1) is 21.0. The van der Waals surface area contributed by atoms with Crippen molar-refractivity contribution in [1.82, 2.24) is 0 Å². The van der Waals surface area contributed by atoms with Crippen molar-refractivity contribution < 1.29 is 33.2 Å². The van der Waals surface area contributed by atoms with Gasteiger partial charge in [0.2, 0.25) is 0 Å². The number of fused-ring (bicyclic) bond motifs is 1. The summed E-state index contributed by atoms with van der Waals surface area (Å²) in [4.78, 5) is 11.8. The molecule has 2 aromatic rings. The van der Waals surface area contributed by atoms with E-state index in [1.54, 1.807) is 0 Å². The highest BCUT2D eigenvalue weighted by atomic mass is 16.8. The lowest BCUT2D eigenvalue weighted by Gasteiger charge is -2.48. The summed E-state index contributed by atoms with van der Waals surface area (Å²) < 4.78 is 35.4. The van der Waals surface area contributed by atoms with Gasteiger partial charge in [0.25, 0.3) is 0 Å². The quantitative estimate of drug-likeness (QED) is 0.673. The lowest BCUT2D eigenvalue weighted by molar-refractivity contribution is -0.364. The number of ether oxygens (including phenoxy) is 6. The molecule has 7 nitrogen and oxygen atoms in total. The Morgan fingerprint density at radius 1 is 1.00 bits per heavy atom. The van der Waals surface area contributed by atoms with E-state index in [0.717, 1.165) is 11.1 Å². The van der Waals surface area contributed by atoms with Gasteiger partial charge >= 0.3 is 5.97 Å². The van der Waals surface area contributed by atoms with Gasteiger partial charge in [0, 0.05) is 19.6 Å². The zero-order valence-electron chi connectivity index (χ0n) is 17.0. The molecular formula is C23H26O7. The van der Waals surface area contributed by atoms with Crippen molar-refractivity contribution in [3.63, 3.8) is 0 Å². The molecule has 2 saturated heterocycles. The lowest BCUT2D eigenvalue weighted by atomic mass is 9.97. The second kappa shape index (κ2) is 9.68. The van der Waals surface area contributed by atoms with Crippen molar-refractivity contribution in [2.45, 2.75) is 50.5 Å². The minimum atomic E-state index is -0.781. The molecule has 2 aromatic carbocycles. The molecule has 0 bridgehead atoms. The number of hydrogen-bond acceptors (Lipinski definition) is 7. The van der Waals surface area contributed by atoms with Crippen LogP contribution in [0.3, 0.4) is 0 Å². The monoisotopic (exact) mass is 414 g/mol. The van der Waals surface area contributed by atoms with Crippen LogP contribution in [-0.2, 0) is 39.8 Å². The molecule has 7 heteroatoms. The summed E-state index contributed by atoms with van der Waals surface area (Å²) in [7, 11) is 1.51. The maximum Gasteiger partial charge on any atom is 0.303 e. The van der Waals surface area contributed by atoms with Crippen molar-refractivity contribution in [2.24, 2.45) is 0 Å². The summed E-state index contributed by atoms with van der Waals surface area (Å²) in [6, 6.07) is 19.5. The zero-order valence-corrected chi connectivity index (χ0v) is 17.0. The van der Waals surface area contributed by atoms with Crippen LogP contribution in [0, 0.1) is 0 Å². The van der Waals surface area contributed by atoms with E-state index in [2.05, 4.69) is 0 Å². The van der Waals surface area contributed by atoms with E-state index >= 15 is 0 Å². The van der Waals surface area contributed by atoms with Crippen LogP contribution in [0.25, 0.3) is 0 Å². The van der Waals surface area contributed by atoms with Gasteiger partial charge in [0.15, 0.2) is 18.7 Å². The van der Waals surface area contributed by atoms with E-state index in [0.29, 0.717) is 13.2 Å². The molecule has 0 amide bonds. The molecule has 2 aliphatic heterocycles. The molecule has 30 heavy (non-hydrogen) atoms. The van der Waals surface area contributed by atoms with Gasteiger partial charge < -0.3 is 28.4 Å². The first-order valence-corrected chi connectivity index (χ1v) is 9.98. The van der Waals surface area contributed by atoms with Crippen LogP contribution in [0.2, 0.25) is 0 Å². The molecule has 1 unspecified atom stereocenters. The summed E-state index contributed by atoms with van der Waals surface area (Å²) in [5, 5.41) is 0. The largest absolute Gasteiger partial charge is 0.454 e. The number of hydrogen-bond donors (Lipinski definition) is 0. The van der Waals surface area contributed by atoms with Crippen molar-refractivity contribution >= 4 is 5.97 Å². The van der Waals surface area contributed by atoms with E-state index in [1.165, 1.54) is 14.0 Å². The van der Waals surface area contributed by atoms with Crippen LogP contribution in [0.5, 0.6) is 0 Å². The van der Waals surface area contributed by atoms with Crippen LogP contribution in [0.15, 0.2) is 60.7 Å². The predicted octanol–water partition coefficient (Wildman–Crippen LogP) is 2.99. The molecule has 160 valence electrons. The zero-order chi connectivity index (χ0) is 20.9. The van der Waals surface area contributed by atoms with E-state index in [4.69, 9.17) is 28.4 Å². The van der Waals surface area contributed by atoms with Gasteiger partial charge in [-0.05, 0) is 5.56 Å². The SMILES string of the molecule is CO[C@@H]1O[C@H]2COC(c3ccccc3)O[C@H]2[C@H](OCc2ccccc2)[C@H]1OC(C)=O. The maximum atomic E-state index is 11.8. The third kappa shape index (κ3) is 4.71. The van der Waals surface area contributed by atoms with Crippen LogP contribution in [0.4, 0.5) is 0 Å². The highest BCUT2D eigenvalue weighted by Gasteiger charge is 2.52. The standard InChI is InChI=1S/C23H26O7/c1-15(24)28-21-20(26-13-16-9-5-3-6-10-16)19-18(29-23(21)25-2)14-27-22(30-19)17-11-7-4-8-12-17/h3-12,18-23H,13-14H2,1-2H3/t18-,19+,20-,21+,22?,23+/m0/s1. The number of rotatable bonds is 6. The van der Waals surface area contributed by atoms with E-state index in [1.807, 2.05) is 60.7 Å². The first-order valence-electron chi connectivity index (χ1n) is 9.98. The van der Waals surface area contributed by atoms with Crippen molar-refractivity contribution in [3.05, 3.63) is 71.8 Å².